The highest BCUT2D eigenvalue weighted by atomic mass is 79.9. The highest BCUT2D eigenvalue weighted by Gasteiger charge is 2.12. The number of oxazole rings is 1. The third-order valence-corrected chi connectivity index (χ3v) is 4.58. The van der Waals surface area contributed by atoms with Gasteiger partial charge in [0, 0.05) is 11.6 Å². The van der Waals surface area contributed by atoms with Crippen LogP contribution >= 0.6 is 27.3 Å². The minimum absolute atomic E-state index is 0.127. The standard InChI is InChI=1S/C15H13BrN2O2S/c1-8(2)15-18-10-7-9(3-4-11(10)20-15)17-14(19)12-5-6-13(16)21-12/h3-8H,1-2H3,(H,17,19). The molecule has 0 saturated carbocycles. The summed E-state index contributed by atoms with van der Waals surface area (Å²) < 4.78 is 6.58. The molecule has 0 saturated heterocycles. The van der Waals surface area contributed by atoms with E-state index in [4.69, 9.17) is 4.42 Å². The first-order valence-corrected chi connectivity index (χ1v) is 8.11. The van der Waals surface area contributed by atoms with Crippen molar-refractivity contribution in [2.45, 2.75) is 19.8 Å². The second-order valence-electron chi connectivity index (χ2n) is 4.95. The molecular formula is C15H13BrN2O2S. The zero-order valence-corrected chi connectivity index (χ0v) is 13.9. The minimum Gasteiger partial charge on any atom is -0.440 e. The van der Waals surface area contributed by atoms with Crippen molar-refractivity contribution in [1.29, 1.82) is 0 Å². The number of thiophene rings is 1. The van der Waals surface area contributed by atoms with Gasteiger partial charge in [0.15, 0.2) is 11.5 Å². The molecule has 1 amide bonds. The van der Waals surface area contributed by atoms with Crippen LogP contribution in [0.25, 0.3) is 11.1 Å². The smallest absolute Gasteiger partial charge is 0.265 e. The van der Waals surface area contributed by atoms with E-state index in [0.29, 0.717) is 16.5 Å². The molecule has 0 unspecified atom stereocenters. The van der Waals surface area contributed by atoms with Crippen LogP contribution in [0.1, 0.15) is 35.3 Å². The van der Waals surface area contributed by atoms with Crippen LogP contribution in [0, 0.1) is 0 Å². The Morgan fingerprint density at radius 3 is 2.81 bits per heavy atom. The number of anilines is 1. The summed E-state index contributed by atoms with van der Waals surface area (Å²) in [4.78, 5) is 17.2. The van der Waals surface area contributed by atoms with Gasteiger partial charge in [0.25, 0.3) is 5.91 Å². The van der Waals surface area contributed by atoms with E-state index in [1.54, 1.807) is 6.07 Å². The Balaban J connectivity index is 1.85. The van der Waals surface area contributed by atoms with Crippen molar-refractivity contribution in [3.05, 3.63) is 44.9 Å². The second kappa shape index (κ2) is 5.61. The monoisotopic (exact) mass is 364 g/mol. The van der Waals surface area contributed by atoms with Crippen LogP contribution in [-0.2, 0) is 0 Å². The molecule has 0 bridgehead atoms. The molecule has 1 aromatic carbocycles. The molecule has 0 aliphatic heterocycles. The number of amides is 1. The minimum atomic E-state index is -0.127. The van der Waals surface area contributed by atoms with Gasteiger partial charge in [-0.3, -0.25) is 4.79 Å². The number of nitrogens with zero attached hydrogens (tertiary/aromatic N) is 1. The Morgan fingerprint density at radius 1 is 1.33 bits per heavy atom. The number of rotatable bonds is 3. The maximum atomic E-state index is 12.1. The SMILES string of the molecule is CC(C)c1nc2cc(NC(=O)c3ccc(Br)s3)ccc2o1. The molecule has 2 heterocycles. The summed E-state index contributed by atoms with van der Waals surface area (Å²) >= 11 is 4.75. The number of hydrogen-bond donors (Lipinski definition) is 1. The Hall–Kier alpha value is -1.66. The first-order chi connectivity index (χ1) is 10.0. The van der Waals surface area contributed by atoms with Gasteiger partial charge in [-0.15, -0.1) is 11.3 Å². The molecule has 1 N–H and O–H groups in total. The molecule has 0 aliphatic rings. The average molecular weight is 365 g/mol. The van der Waals surface area contributed by atoms with E-state index in [2.05, 4.69) is 26.2 Å². The zero-order valence-electron chi connectivity index (χ0n) is 11.5. The molecule has 6 heteroatoms. The Bertz CT molecular complexity index is 807. The maximum Gasteiger partial charge on any atom is 0.265 e. The molecule has 0 radical (unpaired) electrons. The summed E-state index contributed by atoms with van der Waals surface area (Å²) in [5, 5.41) is 2.87. The predicted molar refractivity (Wildman–Crippen MR) is 88.1 cm³/mol. The molecule has 108 valence electrons. The van der Waals surface area contributed by atoms with Crippen molar-refractivity contribution < 1.29 is 9.21 Å². The summed E-state index contributed by atoms with van der Waals surface area (Å²) in [7, 11) is 0. The Labute approximate surface area is 134 Å². The lowest BCUT2D eigenvalue weighted by Gasteiger charge is -2.02. The fourth-order valence-electron chi connectivity index (χ4n) is 1.90. The van der Waals surface area contributed by atoms with E-state index in [-0.39, 0.29) is 11.8 Å². The third kappa shape index (κ3) is 3.01. The van der Waals surface area contributed by atoms with Gasteiger partial charge in [-0.25, -0.2) is 4.98 Å². The van der Waals surface area contributed by atoms with Crippen LogP contribution in [0.15, 0.2) is 38.5 Å². The van der Waals surface area contributed by atoms with Crippen molar-refractivity contribution in [3.8, 4) is 0 Å². The van der Waals surface area contributed by atoms with Crippen molar-refractivity contribution in [1.82, 2.24) is 4.98 Å². The van der Waals surface area contributed by atoms with E-state index in [9.17, 15) is 4.79 Å². The van der Waals surface area contributed by atoms with E-state index in [1.807, 2.05) is 38.1 Å². The molecule has 3 rings (SSSR count). The summed E-state index contributed by atoms with van der Waals surface area (Å²) in [6.07, 6.45) is 0. The van der Waals surface area contributed by atoms with E-state index in [0.717, 1.165) is 14.9 Å². The van der Waals surface area contributed by atoms with Crippen LogP contribution in [0.2, 0.25) is 0 Å². The lowest BCUT2D eigenvalue weighted by Crippen LogP contribution is -2.09. The number of carbonyl (C=O) groups is 1. The molecule has 4 nitrogen and oxygen atoms in total. The van der Waals surface area contributed by atoms with Crippen LogP contribution in [0.4, 0.5) is 5.69 Å². The summed E-state index contributed by atoms with van der Waals surface area (Å²) in [6.45, 7) is 4.06. The van der Waals surface area contributed by atoms with Gasteiger partial charge < -0.3 is 9.73 Å². The van der Waals surface area contributed by atoms with Crippen molar-refractivity contribution in [2.75, 3.05) is 5.32 Å². The van der Waals surface area contributed by atoms with Crippen LogP contribution < -0.4 is 5.32 Å². The van der Waals surface area contributed by atoms with Gasteiger partial charge in [-0.1, -0.05) is 13.8 Å². The molecule has 21 heavy (non-hydrogen) atoms. The number of fused-ring (bicyclic) bond motifs is 1. The highest BCUT2D eigenvalue weighted by Crippen LogP contribution is 2.26. The lowest BCUT2D eigenvalue weighted by molar-refractivity contribution is 0.103. The molecule has 0 aliphatic carbocycles. The van der Waals surface area contributed by atoms with E-state index >= 15 is 0 Å². The quantitative estimate of drug-likeness (QED) is 0.709. The normalized spacial score (nSPS) is 11.2. The third-order valence-electron chi connectivity index (χ3n) is 2.95. The Morgan fingerprint density at radius 2 is 2.14 bits per heavy atom. The second-order valence-corrected chi connectivity index (χ2v) is 7.41. The van der Waals surface area contributed by atoms with Crippen molar-refractivity contribution >= 4 is 50.0 Å². The maximum absolute atomic E-state index is 12.1. The van der Waals surface area contributed by atoms with Gasteiger partial charge in [0.1, 0.15) is 5.52 Å². The Kier molecular flexibility index (Phi) is 3.82. The van der Waals surface area contributed by atoms with Gasteiger partial charge in [-0.05, 0) is 46.3 Å². The zero-order chi connectivity index (χ0) is 15.0. The lowest BCUT2D eigenvalue weighted by atomic mass is 10.2. The highest BCUT2D eigenvalue weighted by molar-refractivity contribution is 9.11. The summed E-state index contributed by atoms with van der Waals surface area (Å²) in [5.74, 6) is 0.812. The van der Waals surface area contributed by atoms with Crippen LogP contribution in [0.5, 0.6) is 0 Å². The van der Waals surface area contributed by atoms with Crippen molar-refractivity contribution in [2.24, 2.45) is 0 Å². The predicted octanol–water partition coefficient (Wildman–Crippen LogP) is 5.03. The molecule has 3 aromatic rings. The first-order valence-electron chi connectivity index (χ1n) is 6.50. The first kappa shape index (κ1) is 14.3. The fourth-order valence-corrected chi connectivity index (χ4v) is 3.18. The van der Waals surface area contributed by atoms with Crippen LogP contribution in [0.3, 0.4) is 0 Å². The number of hydrogen-bond acceptors (Lipinski definition) is 4. The van der Waals surface area contributed by atoms with Crippen molar-refractivity contribution in [3.63, 3.8) is 0 Å². The number of aromatic nitrogens is 1. The van der Waals surface area contributed by atoms with Gasteiger partial charge in [-0.2, -0.15) is 0 Å². The molecule has 0 fully saturated rings. The summed E-state index contributed by atoms with van der Waals surface area (Å²) in [5.41, 5.74) is 2.19. The van der Waals surface area contributed by atoms with Crippen LogP contribution in [-0.4, -0.2) is 10.9 Å². The average Bonchev–Trinajstić information content (AvgIpc) is 3.04. The number of nitrogens with one attached hydrogen (secondary N) is 1. The topological polar surface area (TPSA) is 55.1 Å². The van der Waals surface area contributed by atoms with E-state index < -0.39 is 0 Å². The largest absolute Gasteiger partial charge is 0.440 e. The number of benzene rings is 1. The molecule has 0 atom stereocenters. The number of carbonyl (C=O) groups excluding carboxylic acids is 1. The molecular weight excluding hydrogens is 352 g/mol. The fraction of sp³-hybridized carbons (Fsp3) is 0.200. The summed E-state index contributed by atoms with van der Waals surface area (Å²) in [6, 6.07) is 9.11. The van der Waals surface area contributed by atoms with Gasteiger partial charge in [0.2, 0.25) is 0 Å². The van der Waals surface area contributed by atoms with E-state index in [1.165, 1.54) is 11.3 Å². The molecule has 2 aromatic heterocycles. The molecule has 0 spiro atoms. The number of halogens is 1. The van der Waals surface area contributed by atoms with Gasteiger partial charge >= 0.3 is 0 Å². The van der Waals surface area contributed by atoms with Gasteiger partial charge in [0.05, 0.1) is 8.66 Å².